The van der Waals surface area contributed by atoms with Crippen LogP contribution in [0.3, 0.4) is 0 Å². The maximum absolute atomic E-state index is 11.4. The molecule has 5 atom stereocenters. The van der Waals surface area contributed by atoms with Gasteiger partial charge in [0, 0.05) is 47.4 Å². The predicted octanol–water partition coefficient (Wildman–Crippen LogP) is 8.57. The molecule has 2 saturated carbocycles. The highest BCUT2D eigenvalue weighted by Crippen LogP contribution is 2.61. The average molecular weight is 724 g/mol. The Kier molecular flexibility index (Phi) is 11.6. The minimum Gasteiger partial charge on any atom is -0.508 e. The quantitative estimate of drug-likeness (QED) is 0.141. The second-order valence-corrected chi connectivity index (χ2v) is 16.0. The van der Waals surface area contributed by atoms with E-state index in [1.54, 1.807) is 5.57 Å². The lowest BCUT2D eigenvalue weighted by atomic mass is 9.55. The summed E-state index contributed by atoms with van der Waals surface area (Å²) in [5, 5.41) is 25.4. The van der Waals surface area contributed by atoms with Gasteiger partial charge in [-0.1, -0.05) is 66.7 Å². The van der Waals surface area contributed by atoms with Crippen molar-refractivity contribution in [2.75, 3.05) is 20.1 Å². The molecule has 8 nitrogen and oxygen atoms in total. The number of rotatable bonds is 3. The molecule has 8 rings (SSSR count). The molecule has 0 spiro atoms. The first kappa shape index (κ1) is 37.4. The van der Waals surface area contributed by atoms with Crippen LogP contribution in [0.4, 0.5) is 0 Å². The number of hydrogen-bond donors (Lipinski definition) is 3. The molecule has 3 aliphatic carbocycles. The van der Waals surface area contributed by atoms with Gasteiger partial charge in [0.25, 0.3) is 0 Å². The number of benzene rings is 3. The molecule has 3 aromatic rings. The first-order chi connectivity index (χ1) is 24.9. The minimum absolute atomic E-state index is 0.104. The number of aromatic hydroxyl groups is 1. The van der Waals surface area contributed by atoms with Gasteiger partial charge in [0.05, 0.1) is 0 Å². The summed E-state index contributed by atoms with van der Waals surface area (Å²) in [4.78, 5) is 35.8. The molecule has 2 heterocycles. The largest absolute Gasteiger partial charge is 0.508 e. The maximum Gasteiger partial charge on any atom is 0.328 e. The SMILES string of the molecule is CC(=O)OC1CCC2C3CCc4cc(O)ccc4C3CCC12C.CN1CCC(=C2c3ccccc3Sc3ccccc32)CC1.O=C(O)C=CC(=O)O. The van der Waals surface area contributed by atoms with Gasteiger partial charge in [-0.25, -0.2) is 9.59 Å². The van der Waals surface area contributed by atoms with Crippen LogP contribution in [-0.2, 0) is 25.5 Å². The molecule has 0 bridgehead atoms. The highest BCUT2D eigenvalue weighted by molar-refractivity contribution is 7.99. The van der Waals surface area contributed by atoms with E-state index < -0.39 is 11.9 Å². The number of likely N-dealkylation sites (tertiary alicyclic amines) is 1. The van der Waals surface area contributed by atoms with Crippen LogP contribution in [0.15, 0.2) is 94.2 Å². The van der Waals surface area contributed by atoms with Gasteiger partial charge in [-0.2, -0.15) is 0 Å². The Balaban J connectivity index is 0.000000149. The van der Waals surface area contributed by atoms with Crippen LogP contribution in [0.2, 0.25) is 0 Å². The van der Waals surface area contributed by atoms with Crippen molar-refractivity contribution >= 4 is 35.2 Å². The van der Waals surface area contributed by atoms with E-state index >= 15 is 0 Å². The Hall–Kier alpha value is -4.34. The van der Waals surface area contributed by atoms with E-state index in [1.807, 2.05) is 23.9 Å². The van der Waals surface area contributed by atoms with Crippen LogP contribution in [-0.4, -0.2) is 64.4 Å². The number of carbonyl (C=O) groups excluding carboxylic acids is 1. The topological polar surface area (TPSA) is 124 Å². The van der Waals surface area contributed by atoms with E-state index in [0.29, 0.717) is 35.7 Å². The van der Waals surface area contributed by atoms with E-state index in [9.17, 15) is 19.5 Å². The molecule has 5 aliphatic rings. The van der Waals surface area contributed by atoms with Crippen molar-refractivity contribution in [1.82, 2.24) is 4.90 Å². The second kappa shape index (κ2) is 16.1. The van der Waals surface area contributed by atoms with E-state index in [2.05, 4.69) is 73.5 Å². The number of hydrogen-bond acceptors (Lipinski definition) is 7. The van der Waals surface area contributed by atoms with Gasteiger partial charge in [-0.15, -0.1) is 0 Å². The third-order valence-electron chi connectivity index (χ3n) is 11.8. The smallest absolute Gasteiger partial charge is 0.328 e. The summed E-state index contributed by atoms with van der Waals surface area (Å²) in [5.74, 6) is -0.283. The highest BCUT2D eigenvalue weighted by Gasteiger charge is 2.56. The third kappa shape index (κ3) is 8.16. The number of esters is 1. The molecule has 3 aromatic carbocycles. The number of ether oxygens (including phenoxy) is 1. The van der Waals surface area contributed by atoms with Gasteiger partial charge in [-0.05, 0) is 128 Å². The highest BCUT2D eigenvalue weighted by atomic mass is 32.2. The molecule has 5 unspecified atom stereocenters. The molecular weight excluding hydrogens is 675 g/mol. The predicted molar refractivity (Wildman–Crippen MR) is 202 cm³/mol. The molecule has 0 amide bonds. The zero-order valence-electron chi connectivity index (χ0n) is 30.2. The van der Waals surface area contributed by atoms with Crippen molar-refractivity contribution in [3.63, 3.8) is 0 Å². The average Bonchev–Trinajstić information content (AvgIpc) is 3.45. The van der Waals surface area contributed by atoms with Crippen LogP contribution >= 0.6 is 11.8 Å². The molecule has 52 heavy (non-hydrogen) atoms. The number of carboxylic acids is 2. The standard InChI is InChI=1S/C20H26O3.C19H19NS.C4H4O4/c1-12(21)23-19-8-7-18-17-5-3-13-11-14(22)4-6-15(13)16(17)9-10-20(18,19)2;1-20-12-10-14(11-13-20)19-15-6-2-4-8-17(15)21-18-9-5-3-7-16(18)19;5-3(6)1-2-4(7)8/h4,6,11,16-19,22H,3,5,7-10H2,1-2H3;2-9H,10-13H2,1H3;1-2H,(H,5,6)(H,7,8). The molecule has 0 aromatic heterocycles. The monoisotopic (exact) mass is 723 g/mol. The summed E-state index contributed by atoms with van der Waals surface area (Å²) in [5.41, 5.74) is 8.95. The number of phenolic OH excluding ortho intramolecular Hbond substituents is 1. The summed E-state index contributed by atoms with van der Waals surface area (Å²) in [6.45, 7) is 6.24. The molecule has 9 heteroatoms. The van der Waals surface area contributed by atoms with Crippen LogP contribution in [0.25, 0.3) is 5.57 Å². The number of piperidine rings is 1. The summed E-state index contributed by atoms with van der Waals surface area (Å²) in [6, 6.07) is 23.7. The zero-order valence-corrected chi connectivity index (χ0v) is 31.0. The van der Waals surface area contributed by atoms with Gasteiger partial charge in [-0.3, -0.25) is 4.79 Å². The molecule has 274 valence electrons. The van der Waals surface area contributed by atoms with Crippen LogP contribution < -0.4 is 0 Å². The number of aryl methyl sites for hydroxylation is 1. The molecule has 3 N–H and O–H groups in total. The number of carboxylic acid groups (broad SMARTS) is 2. The van der Waals surface area contributed by atoms with Gasteiger partial charge in [0.15, 0.2) is 0 Å². The minimum atomic E-state index is -1.26. The first-order valence-corrected chi connectivity index (χ1v) is 19.2. The first-order valence-electron chi connectivity index (χ1n) is 18.3. The third-order valence-corrected chi connectivity index (χ3v) is 12.9. The van der Waals surface area contributed by atoms with Crippen LogP contribution in [0.1, 0.15) is 87.0 Å². The fraction of sp³-hybridized carbons (Fsp3) is 0.419. The summed E-state index contributed by atoms with van der Waals surface area (Å²) in [6.07, 6.45) is 10.4. The van der Waals surface area contributed by atoms with E-state index in [-0.39, 0.29) is 17.5 Å². The van der Waals surface area contributed by atoms with E-state index in [1.165, 1.54) is 89.7 Å². The Morgan fingerprint density at radius 1 is 0.846 bits per heavy atom. The van der Waals surface area contributed by atoms with E-state index in [4.69, 9.17) is 14.9 Å². The van der Waals surface area contributed by atoms with Crippen LogP contribution in [0, 0.1) is 17.3 Å². The normalized spacial score (nSPS) is 25.8. The number of fused-ring (bicyclic) bond motifs is 7. The van der Waals surface area contributed by atoms with Crippen molar-refractivity contribution in [3.8, 4) is 5.75 Å². The molecule has 1 saturated heterocycles. The number of nitrogens with zero attached hydrogens (tertiary/aromatic N) is 1. The summed E-state index contributed by atoms with van der Waals surface area (Å²) < 4.78 is 5.68. The second-order valence-electron chi connectivity index (χ2n) is 14.9. The fourth-order valence-electron chi connectivity index (χ4n) is 9.36. The maximum atomic E-state index is 11.4. The summed E-state index contributed by atoms with van der Waals surface area (Å²) in [7, 11) is 2.22. The van der Waals surface area contributed by atoms with Gasteiger partial charge in [0.2, 0.25) is 0 Å². The van der Waals surface area contributed by atoms with Gasteiger partial charge >= 0.3 is 17.9 Å². The molecule has 0 radical (unpaired) electrons. The Bertz CT molecular complexity index is 1810. The number of phenols is 1. The van der Waals surface area contributed by atoms with E-state index in [0.717, 1.165) is 19.3 Å². The Morgan fingerprint density at radius 2 is 1.46 bits per heavy atom. The Morgan fingerprint density at radius 3 is 2.06 bits per heavy atom. The fourth-order valence-corrected chi connectivity index (χ4v) is 10.5. The van der Waals surface area contributed by atoms with Crippen molar-refractivity contribution in [2.45, 2.75) is 87.0 Å². The number of aliphatic carboxylic acids is 2. The molecule has 3 fully saturated rings. The Labute approximate surface area is 310 Å². The van der Waals surface area contributed by atoms with Crippen molar-refractivity contribution in [1.29, 1.82) is 0 Å². The summed E-state index contributed by atoms with van der Waals surface area (Å²) >= 11 is 1.91. The number of carbonyl (C=O) groups is 3. The lowest BCUT2D eigenvalue weighted by molar-refractivity contribution is -0.154. The molecule has 2 aliphatic heterocycles. The van der Waals surface area contributed by atoms with Crippen molar-refractivity contribution in [3.05, 3.63) is 107 Å². The van der Waals surface area contributed by atoms with Crippen molar-refractivity contribution in [2.24, 2.45) is 17.3 Å². The van der Waals surface area contributed by atoms with Gasteiger partial charge < -0.3 is 25.0 Å². The molecular formula is C43H49NO7S. The van der Waals surface area contributed by atoms with Crippen LogP contribution in [0.5, 0.6) is 5.75 Å². The van der Waals surface area contributed by atoms with Crippen molar-refractivity contribution < 1.29 is 34.4 Å². The lowest BCUT2D eigenvalue weighted by Crippen LogP contribution is -2.45. The lowest BCUT2D eigenvalue weighted by Gasteiger charge is -2.50. The zero-order chi connectivity index (χ0) is 37.0. The van der Waals surface area contributed by atoms with Gasteiger partial charge in [0.1, 0.15) is 11.9 Å².